The van der Waals surface area contributed by atoms with Crippen LogP contribution in [0.2, 0.25) is 0 Å². The Hall–Kier alpha value is -8.43. The van der Waals surface area contributed by atoms with Crippen LogP contribution in [0.5, 0.6) is 0 Å². The van der Waals surface area contributed by atoms with Gasteiger partial charge < -0.3 is 9.05 Å². The molecule has 2 spiro atoms. The zero-order chi connectivity index (χ0) is 47.2. The van der Waals surface area contributed by atoms with Crippen LogP contribution >= 0.6 is 7.60 Å². The first-order valence-electron chi connectivity index (χ1n) is 29.9. The van der Waals surface area contributed by atoms with E-state index in [1.807, 2.05) is 0 Å². The van der Waals surface area contributed by atoms with E-state index in [1.54, 1.807) is 357 Å². The van der Waals surface area contributed by atoms with Gasteiger partial charge in [0.15, 0.2) is 0 Å². The van der Waals surface area contributed by atoms with Gasteiger partial charge in [0.05, 0.1) is 18.9 Å². The zero-order valence-electron chi connectivity index (χ0n) is 40.8. The van der Waals surface area contributed by atoms with E-state index in [1.165, 1.54) is 0 Å². The van der Waals surface area contributed by atoms with Crippen LogP contribution in [0, 0.1) is 0 Å². The van der Waals surface area contributed by atoms with E-state index in [0.717, 1.165) is 0 Å². The third-order valence-electron chi connectivity index (χ3n) is 29.4. The highest BCUT2D eigenvalue weighted by Crippen LogP contribution is 2.98. The van der Waals surface area contributed by atoms with E-state index in [0.29, 0.717) is 13.2 Å². The number of hydrogen-bond donors (Lipinski definition) is 0. The van der Waals surface area contributed by atoms with Crippen LogP contribution in [0.4, 0.5) is 0 Å². The molecule has 1 fully saturated rings. The summed E-state index contributed by atoms with van der Waals surface area (Å²) in [6.45, 7) is 4.93. The molecule has 336 valence electrons. The SMILES string of the molecule is CCOP(=O)(OCC)C1C23c4c5c6c7c8c9c%10c%11c%12c(c%13c%14c2c2c4c4c6c6c%15c7c7c9c9c%16c%10c%10c%12c%12c%13c%13c%14c%14c2c2c4c6c4c6c2c%14c2c%13c%13c%12c%12c%10c%16c%10c%14c9c7c7c%15c4c4c7c%14c7c%10c%12c%13c9c2c6c4c97)C13C%11C58. The lowest BCUT2D eigenvalue weighted by atomic mass is 9.58. The molecule has 7 aliphatic carbocycles. The van der Waals surface area contributed by atoms with Crippen LogP contribution in [0.25, 0.3) is 323 Å². The van der Waals surface area contributed by atoms with E-state index in [-0.39, 0.29) is 17.5 Å². The maximum Gasteiger partial charge on any atom is 0.335 e. The summed E-state index contributed by atoms with van der Waals surface area (Å²) in [7, 11) is -3.82. The molecule has 7 aliphatic rings. The predicted octanol–water partition coefficient (Wildman–Crippen LogP) is 20.5. The Labute approximate surface area is 430 Å². The zero-order valence-corrected chi connectivity index (χ0v) is 41.7. The van der Waals surface area contributed by atoms with Gasteiger partial charge in [0.2, 0.25) is 0 Å². The van der Waals surface area contributed by atoms with Gasteiger partial charge in [0, 0.05) is 22.7 Å². The average Bonchev–Trinajstić information content (AvgIpc) is 1.38. The molecule has 38 rings (SSSR count). The molecule has 1 saturated carbocycles. The minimum atomic E-state index is -3.82. The van der Waals surface area contributed by atoms with Crippen LogP contribution in [0.3, 0.4) is 0 Å². The van der Waals surface area contributed by atoms with Gasteiger partial charge >= 0.3 is 7.60 Å². The second-order valence-electron chi connectivity index (χ2n) is 29.3. The van der Waals surface area contributed by atoms with Gasteiger partial charge in [-0.2, -0.15) is 0 Å². The van der Waals surface area contributed by atoms with Gasteiger partial charge in [-0.25, -0.2) is 0 Å². The number of hydrogen-bond acceptors (Lipinski definition) is 3. The highest BCUT2D eigenvalue weighted by Gasteiger charge is 2.94. The number of rotatable bonds is 5. The lowest BCUT2D eigenvalue weighted by Gasteiger charge is -2.43. The van der Waals surface area contributed by atoms with Crippen LogP contribution in [-0.2, 0) is 24.4 Å². The summed E-state index contributed by atoms with van der Waals surface area (Å²) in [5.74, 6) is 0.289. The molecule has 0 amide bonds. The lowest BCUT2D eigenvalue weighted by Crippen LogP contribution is -2.36. The summed E-state index contributed by atoms with van der Waals surface area (Å²) < 4.78 is 31.6. The van der Waals surface area contributed by atoms with Crippen molar-refractivity contribution in [2.45, 2.75) is 42.2 Å². The Bertz CT molecular complexity index is 8680. The van der Waals surface area contributed by atoms with E-state index in [4.69, 9.17) is 9.05 Å². The molecule has 31 aromatic carbocycles. The quantitative estimate of drug-likeness (QED) is 0.0979. The molecule has 3 nitrogen and oxygen atoms in total. The van der Waals surface area contributed by atoms with Crippen molar-refractivity contribution >= 4 is 331 Å². The molecule has 79 heavy (non-hydrogen) atoms. The average molecular weight is 993 g/mol. The molecule has 5 unspecified atom stereocenters. The van der Waals surface area contributed by atoms with Crippen LogP contribution < -0.4 is 0 Å². The molecule has 0 bridgehead atoms. The third kappa shape index (κ3) is 1.58. The second kappa shape index (κ2) is 6.72. The van der Waals surface area contributed by atoms with Gasteiger partial charge in [-0.1, -0.05) is 0 Å². The molecule has 0 heterocycles. The summed E-state index contributed by atoms with van der Waals surface area (Å²) in [5, 5.41) is 96.8. The first-order valence-corrected chi connectivity index (χ1v) is 31.5. The highest BCUT2D eigenvalue weighted by atomic mass is 31.2. The van der Waals surface area contributed by atoms with E-state index in [2.05, 4.69) is 13.8 Å². The third-order valence-corrected chi connectivity index (χ3v) is 32.1. The van der Waals surface area contributed by atoms with Gasteiger partial charge in [-0.15, -0.1) is 0 Å². The van der Waals surface area contributed by atoms with Crippen molar-refractivity contribution in [3.8, 4) is 0 Å². The summed E-state index contributed by atoms with van der Waals surface area (Å²) in [4.78, 5) is 0. The van der Waals surface area contributed by atoms with E-state index < -0.39 is 18.4 Å². The fourth-order valence-electron chi connectivity index (χ4n) is 29.9. The Balaban J connectivity index is 1.12. The van der Waals surface area contributed by atoms with E-state index >= 15 is 4.57 Å². The molecule has 0 saturated heterocycles. The maximum atomic E-state index is 17.4. The first-order chi connectivity index (χ1) is 39.2. The topological polar surface area (TPSA) is 35.5 Å². The summed E-state index contributed by atoms with van der Waals surface area (Å²) in [6.07, 6.45) is 0. The minimum absolute atomic E-state index is 0.124. The van der Waals surface area contributed by atoms with Crippen molar-refractivity contribution in [3.05, 3.63) is 33.4 Å². The molecule has 0 aromatic heterocycles. The fraction of sp³-hybridized carbons (Fsp3) is 0.120. The van der Waals surface area contributed by atoms with Crippen molar-refractivity contribution in [1.29, 1.82) is 0 Å². The summed E-state index contributed by atoms with van der Waals surface area (Å²) >= 11 is 0. The fourth-order valence-corrected chi connectivity index (χ4v) is 32.8. The van der Waals surface area contributed by atoms with Crippen LogP contribution in [0.1, 0.15) is 59.1 Å². The van der Waals surface area contributed by atoms with Crippen molar-refractivity contribution in [2.75, 3.05) is 13.2 Å². The minimum Gasteiger partial charge on any atom is -0.309 e. The molecule has 0 N–H and O–H groups in total. The lowest BCUT2D eigenvalue weighted by molar-refractivity contribution is 0.216. The van der Waals surface area contributed by atoms with E-state index in [9.17, 15) is 0 Å². The maximum absolute atomic E-state index is 17.4. The number of benzene rings is 22. The van der Waals surface area contributed by atoms with Crippen LogP contribution in [0.15, 0.2) is 0 Å². The van der Waals surface area contributed by atoms with Gasteiger partial charge in [0.25, 0.3) is 0 Å². The molecule has 4 heteroatoms. The normalized spacial score (nSPS) is 25.3. The summed E-state index contributed by atoms with van der Waals surface area (Å²) in [6, 6.07) is 0. The van der Waals surface area contributed by atoms with Crippen molar-refractivity contribution < 1.29 is 13.6 Å². The molecule has 0 radical (unpaired) electrons. The standard InChI is InChI=1S/C75H13O3P/c1-3-77-79(76,78-4-2)73-74-69-61-53-43-33-26-17-11-5-6-8-10-9-7(5)13-20-15(9)24-25-16(10)21-14(8)23-19(12(6)17)28-34(26)44(43)54-48-38(28)30(23)40-32(21)42-36(25)46-45-35(24)41-31(20)39-29-22(13)18(11)27(33)37(29)47(53)57-51(39)59-49(41)55(45)63-64-56(46)50(42)60-52(40)58(48)66(70(74)62(54)61)68(60)72(64)75(73,74)71(63)67(59)65(57)69/h65,69,73H,3-4H2,1-2H3. The molecular weight excluding hydrogens is 980 g/mol. The Kier molecular flexibility index (Phi) is 2.56. The Morgan fingerprint density at radius 1 is 0.266 bits per heavy atom. The van der Waals surface area contributed by atoms with Gasteiger partial charge in [-0.05, 0) is 370 Å². The molecular formula is C75H13O3P. The second-order valence-corrected chi connectivity index (χ2v) is 31.4. The molecule has 0 aliphatic heterocycles. The van der Waals surface area contributed by atoms with Gasteiger partial charge in [-0.3, -0.25) is 4.57 Å². The van der Waals surface area contributed by atoms with Crippen molar-refractivity contribution in [1.82, 2.24) is 0 Å². The Morgan fingerprint density at radius 2 is 0.494 bits per heavy atom. The van der Waals surface area contributed by atoms with Crippen molar-refractivity contribution in [3.63, 3.8) is 0 Å². The van der Waals surface area contributed by atoms with Crippen molar-refractivity contribution in [2.24, 2.45) is 0 Å². The van der Waals surface area contributed by atoms with Gasteiger partial charge in [0.1, 0.15) is 0 Å². The molecule has 5 atom stereocenters. The monoisotopic (exact) mass is 992 g/mol. The Morgan fingerprint density at radius 3 is 0.797 bits per heavy atom. The smallest absolute Gasteiger partial charge is 0.309 e. The highest BCUT2D eigenvalue weighted by molar-refractivity contribution is 7.55. The molecule has 31 aromatic rings. The first kappa shape index (κ1) is 30.1. The van der Waals surface area contributed by atoms with Crippen LogP contribution in [-0.4, -0.2) is 18.9 Å². The predicted molar refractivity (Wildman–Crippen MR) is 329 cm³/mol. The largest absolute Gasteiger partial charge is 0.335 e. The summed E-state index contributed by atoms with van der Waals surface area (Å²) in [5.41, 5.74) is 8.43.